The molecule has 136 valence electrons. The lowest BCUT2D eigenvalue weighted by molar-refractivity contribution is 0.392. The van der Waals surface area contributed by atoms with E-state index in [9.17, 15) is 0 Å². The third-order valence-corrected chi connectivity index (χ3v) is 4.32. The molecule has 6 heteroatoms. The second-order valence-electron chi connectivity index (χ2n) is 6.14. The van der Waals surface area contributed by atoms with E-state index in [1.807, 2.05) is 12.1 Å². The minimum Gasteiger partial charge on any atom is -0.481 e. The largest absolute Gasteiger partial charge is 0.481 e. The molecule has 3 N–H and O–H groups in total. The molecule has 2 aromatic heterocycles. The van der Waals surface area contributed by atoms with Crippen LogP contribution in [0.4, 0.5) is 0 Å². The zero-order valence-corrected chi connectivity index (χ0v) is 15.5. The van der Waals surface area contributed by atoms with E-state index in [0.717, 1.165) is 24.5 Å². The summed E-state index contributed by atoms with van der Waals surface area (Å²) in [6.45, 7) is 3.50. The van der Waals surface area contributed by atoms with Gasteiger partial charge in [0.2, 0.25) is 5.88 Å². The van der Waals surface area contributed by atoms with Crippen molar-refractivity contribution in [2.45, 2.75) is 19.9 Å². The van der Waals surface area contributed by atoms with Crippen LogP contribution >= 0.6 is 0 Å². The average Bonchev–Trinajstić information content (AvgIpc) is 3.06. The van der Waals surface area contributed by atoms with Gasteiger partial charge in [0, 0.05) is 49.0 Å². The fourth-order valence-corrected chi connectivity index (χ4v) is 2.96. The molecule has 3 rings (SSSR count). The number of aromatic amines is 1. The maximum atomic E-state index is 5.28. The van der Waals surface area contributed by atoms with Gasteiger partial charge in [-0.05, 0) is 36.6 Å². The van der Waals surface area contributed by atoms with Crippen LogP contribution in [0.3, 0.4) is 0 Å². The van der Waals surface area contributed by atoms with Crippen LogP contribution in [0.5, 0.6) is 5.88 Å². The SMILES string of the molecule is CN=C(NCCc1c[nH]c2cc(C)ccc12)NCc1cccnc1OC. The Labute approximate surface area is 153 Å². The third kappa shape index (κ3) is 4.14. The van der Waals surface area contributed by atoms with Crippen molar-refractivity contribution in [1.82, 2.24) is 20.6 Å². The number of benzene rings is 1. The number of aliphatic imine (C=N–C) groups is 1. The number of fused-ring (bicyclic) bond motifs is 1. The van der Waals surface area contributed by atoms with Gasteiger partial charge in [0.1, 0.15) is 0 Å². The molecule has 0 aliphatic heterocycles. The van der Waals surface area contributed by atoms with Gasteiger partial charge in [0.15, 0.2) is 5.96 Å². The summed E-state index contributed by atoms with van der Waals surface area (Å²) < 4.78 is 5.28. The third-order valence-electron chi connectivity index (χ3n) is 4.32. The number of guanidine groups is 1. The molecule has 3 aromatic rings. The standard InChI is InChI=1S/C20H25N5O/c1-14-6-7-17-15(12-24-18(17)11-14)8-10-23-20(21-2)25-13-16-5-4-9-22-19(16)26-3/h4-7,9,11-12,24H,8,10,13H2,1-3H3,(H2,21,23,25). The minimum absolute atomic E-state index is 0.600. The predicted octanol–water partition coefficient (Wildman–Crippen LogP) is 2.79. The van der Waals surface area contributed by atoms with E-state index in [-0.39, 0.29) is 0 Å². The molecule has 0 aliphatic carbocycles. The number of hydrogen-bond acceptors (Lipinski definition) is 3. The van der Waals surface area contributed by atoms with Crippen LogP contribution in [0.1, 0.15) is 16.7 Å². The van der Waals surface area contributed by atoms with Crippen molar-refractivity contribution >= 4 is 16.9 Å². The quantitative estimate of drug-likeness (QED) is 0.472. The lowest BCUT2D eigenvalue weighted by Gasteiger charge is -2.13. The van der Waals surface area contributed by atoms with Crippen LogP contribution < -0.4 is 15.4 Å². The molecule has 6 nitrogen and oxygen atoms in total. The molecule has 1 aromatic carbocycles. The van der Waals surface area contributed by atoms with Gasteiger partial charge in [-0.2, -0.15) is 0 Å². The molecule has 26 heavy (non-hydrogen) atoms. The number of hydrogen-bond donors (Lipinski definition) is 3. The van der Waals surface area contributed by atoms with Crippen LogP contribution in [0.2, 0.25) is 0 Å². The monoisotopic (exact) mass is 351 g/mol. The Kier molecular flexibility index (Phi) is 5.73. The summed E-state index contributed by atoms with van der Waals surface area (Å²) in [7, 11) is 3.39. The van der Waals surface area contributed by atoms with Gasteiger partial charge >= 0.3 is 0 Å². The van der Waals surface area contributed by atoms with Gasteiger partial charge in [-0.3, -0.25) is 4.99 Å². The first-order valence-electron chi connectivity index (χ1n) is 8.70. The fraction of sp³-hybridized carbons (Fsp3) is 0.300. The van der Waals surface area contributed by atoms with Crippen LogP contribution in [0, 0.1) is 6.92 Å². The first kappa shape index (κ1) is 17.8. The summed E-state index contributed by atoms with van der Waals surface area (Å²) in [5, 5.41) is 7.93. The molecule has 0 radical (unpaired) electrons. The van der Waals surface area contributed by atoms with Gasteiger partial charge < -0.3 is 20.4 Å². The molecule has 0 unspecified atom stereocenters. The number of aryl methyl sites for hydroxylation is 1. The zero-order chi connectivity index (χ0) is 18.4. The Morgan fingerprint density at radius 2 is 2.12 bits per heavy atom. The number of methoxy groups -OCH3 is 1. The van der Waals surface area contributed by atoms with Crippen molar-refractivity contribution < 1.29 is 4.74 Å². The van der Waals surface area contributed by atoms with E-state index in [0.29, 0.717) is 12.4 Å². The number of nitrogens with one attached hydrogen (secondary N) is 3. The number of rotatable bonds is 6. The molecule has 0 bridgehead atoms. The maximum absolute atomic E-state index is 5.28. The first-order chi connectivity index (χ1) is 12.7. The van der Waals surface area contributed by atoms with Gasteiger partial charge in [0.25, 0.3) is 0 Å². The normalized spacial score (nSPS) is 11.6. The molecule has 0 atom stereocenters. The van der Waals surface area contributed by atoms with E-state index in [2.05, 4.69) is 56.9 Å². The highest BCUT2D eigenvalue weighted by Gasteiger charge is 2.06. The number of pyridine rings is 1. The summed E-state index contributed by atoms with van der Waals surface area (Å²) in [5.74, 6) is 1.39. The van der Waals surface area contributed by atoms with E-state index in [1.54, 1.807) is 20.4 Å². The summed E-state index contributed by atoms with van der Waals surface area (Å²) >= 11 is 0. The highest BCUT2D eigenvalue weighted by Crippen LogP contribution is 2.19. The predicted molar refractivity (Wildman–Crippen MR) is 106 cm³/mol. The molecule has 2 heterocycles. The highest BCUT2D eigenvalue weighted by atomic mass is 16.5. The zero-order valence-electron chi connectivity index (χ0n) is 15.5. The average molecular weight is 351 g/mol. The van der Waals surface area contributed by atoms with Gasteiger partial charge in [-0.25, -0.2) is 4.98 Å². The molecule has 0 spiro atoms. The summed E-state index contributed by atoms with van der Waals surface area (Å²) in [6.07, 6.45) is 4.72. The Hall–Kier alpha value is -3.02. The molecule has 0 amide bonds. The van der Waals surface area contributed by atoms with Crippen molar-refractivity contribution in [3.8, 4) is 5.88 Å². The van der Waals surface area contributed by atoms with Gasteiger partial charge in [0.05, 0.1) is 7.11 Å². The Morgan fingerprint density at radius 3 is 2.92 bits per heavy atom. The second kappa shape index (κ2) is 8.38. The maximum Gasteiger partial charge on any atom is 0.218 e. The number of nitrogens with zero attached hydrogens (tertiary/aromatic N) is 2. The van der Waals surface area contributed by atoms with Crippen molar-refractivity contribution in [2.24, 2.45) is 4.99 Å². The van der Waals surface area contributed by atoms with Gasteiger partial charge in [-0.15, -0.1) is 0 Å². The molecular weight excluding hydrogens is 326 g/mol. The van der Waals surface area contributed by atoms with Crippen LogP contribution in [-0.4, -0.2) is 36.6 Å². The molecule has 0 saturated carbocycles. The molecule has 0 fully saturated rings. The van der Waals surface area contributed by atoms with Crippen molar-refractivity contribution in [1.29, 1.82) is 0 Å². The lowest BCUT2D eigenvalue weighted by Crippen LogP contribution is -2.37. The van der Waals surface area contributed by atoms with Crippen LogP contribution in [0.25, 0.3) is 10.9 Å². The van der Waals surface area contributed by atoms with E-state index >= 15 is 0 Å². The first-order valence-corrected chi connectivity index (χ1v) is 8.70. The lowest BCUT2D eigenvalue weighted by atomic mass is 10.1. The Balaban J connectivity index is 1.54. The smallest absolute Gasteiger partial charge is 0.218 e. The minimum atomic E-state index is 0.600. The topological polar surface area (TPSA) is 74.3 Å². The van der Waals surface area contributed by atoms with Crippen LogP contribution in [0.15, 0.2) is 47.7 Å². The molecule has 0 aliphatic rings. The number of aromatic nitrogens is 2. The van der Waals surface area contributed by atoms with Gasteiger partial charge in [-0.1, -0.05) is 18.2 Å². The second-order valence-corrected chi connectivity index (χ2v) is 6.14. The fourth-order valence-electron chi connectivity index (χ4n) is 2.96. The molecule has 0 saturated heterocycles. The number of ether oxygens (including phenoxy) is 1. The Morgan fingerprint density at radius 1 is 1.23 bits per heavy atom. The van der Waals surface area contributed by atoms with Crippen molar-refractivity contribution in [3.63, 3.8) is 0 Å². The summed E-state index contributed by atoms with van der Waals surface area (Å²) in [4.78, 5) is 11.8. The van der Waals surface area contributed by atoms with E-state index in [1.165, 1.54) is 22.0 Å². The van der Waals surface area contributed by atoms with Crippen molar-refractivity contribution in [2.75, 3.05) is 20.7 Å². The highest BCUT2D eigenvalue weighted by molar-refractivity contribution is 5.84. The molecular formula is C20H25N5O. The summed E-state index contributed by atoms with van der Waals surface area (Å²) in [6, 6.07) is 10.4. The summed E-state index contributed by atoms with van der Waals surface area (Å²) in [5.41, 5.74) is 4.74. The van der Waals surface area contributed by atoms with Crippen molar-refractivity contribution in [3.05, 3.63) is 59.4 Å². The Bertz CT molecular complexity index is 900. The number of H-pyrrole nitrogens is 1. The van der Waals surface area contributed by atoms with E-state index in [4.69, 9.17) is 4.74 Å². The van der Waals surface area contributed by atoms with Crippen LogP contribution in [-0.2, 0) is 13.0 Å². The van der Waals surface area contributed by atoms with E-state index < -0.39 is 0 Å².